The molecule has 0 spiro atoms. The van der Waals surface area contributed by atoms with Crippen molar-refractivity contribution in [3.05, 3.63) is 17.0 Å². The molecule has 1 aromatic heterocycles. The number of nitrogens with one attached hydrogen (secondary N) is 1. The first-order chi connectivity index (χ1) is 11.0. The molecule has 1 amide bonds. The molecule has 4 atom stereocenters. The van der Waals surface area contributed by atoms with Crippen LogP contribution in [0.3, 0.4) is 0 Å². The van der Waals surface area contributed by atoms with Gasteiger partial charge in [0.1, 0.15) is 12.2 Å². The summed E-state index contributed by atoms with van der Waals surface area (Å²) in [6.07, 6.45) is 1.73. The lowest BCUT2D eigenvalue weighted by molar-refractivity contribution is -0.135. The molecule has 1 aromatic rings. The van der Waals surface area contributed by atoms with Gasteiger partial charge in [0.2, 0.25) is 0 Å². The van der Waals surface area contributed by atoms with E-state index in [4.69, 9.17) is 9.47 Å². The van der Waals surface area contributed by atoms with E-state index in [-0.39, 0.29) is 5.91 Å². The summed E-state index contributed by atoms with van der Waals surface area (Å²) in [5.41, 5.74) is 2.56. The number of aromatic nitrogens is 2. The summed E-state index contributed by atoms with van der Waals surface area (Å²) in [6.45, 7) is 2.83. The second-order valence-corrected chi connectivity index (χ2v) is 6.66. The third-order valence-electron chi connectivity index (χ3n) is 5.06. The summed E-state index contributed by atoms with van der Waals surface area (Å²) in [6, 6.07) is -0.436. The van der Waals surface area contributed by atoms with Crippen LogP contribution < -0.4 is 0 Å². The molecule has 0 bridgehead atoms. The lowest BCUT2D eigenvalue weighted by atomic mass is 9.87. The molecule has 128 valence electrons. The van der Waals surface area contributed by atoms with Crippen LogP contribution in [0.25, 0.3) is 0 Å². The number of methoxy groups -OCH3 is 1. The highest BCUT2D eigenvalue weighted by Gasteiger charge is 2.38. The zero-order valence-corrected chi connectivity index (χ0v) is 13.9. The van der Waals surface area contributed by atoms with Crippen molar-refractivity contribution in [1.82, 2.24) is 15.1 Å². The second-order valence-electron chi connectivity index (χ2n) is 6.66. The predicted octanol–water partition coefficient (Wildman–Crippen LogP) is 0.381. The zero-order valence-electron chi connectivity index (χ0n) is 13.9. The van der Waals surface area contributed by atoms with Crippen molar-refractivity contribution in [3.63, 3.8) is 0 Å². The van der Waals surface area contributed by atoms with Gasteiger partial charge in [-0.1, -0.05) is 6.92 Å². The molecule has 2 heterocycles. The summed E-state index contributed by atoms with van der Waals surface area (Å²) in [5, 5.41) is 17.6. The molecule has 1 saturated heterocycles. The highest BCUT2D eigenvalue weighted by atomic mass is 16.5. The minimum Gasteiger partial charge on any atom is -0.388 e. The van der Waals surface area contributed by atoms with Gasteiger partial charge in [-0.3, -0.25) is 9.89 Å². The lowest BCUT2D eigenvalue weighted by Crippen LogP contribution is -2.56. The minimum absolute atomic E-state index is 0.180. The van der Waals surface area contributed by atoms with Crippen molar-refractivity contribution >= 4 is 5.91 Å². The Labute approximate surface area is 136 Å². The van der Waals surface area contributed by atoms with Crippen LogP contribution in [0.5, 0.6) is 0 Å². The number of amides is 1. The number of hydrogen-bond donors (Lipinski definition) is 2. The van der Waals surface area contributed by atoms with Crippen LogP contribution in [-0.4, -0.2) is 71.7 Å². The Bertz CT molecular complexity index is 574. The smallest absolute Gasteiger partial charge is 0.274 e. The summed E-state index contributed by atoms with van der Waals surface area (Å²) in [7, 11) is 3.22. The van der Waals surface area contributed by atoms with E-state index in [1.807, 2.05) is 0 Å². The molecule has 1 aliphatic heterocycles. The molecule has 0 aromatic carbocycles. The summed E-state index contributed by atoms with van der Waals surface area (Å²) in [5.74, 6) is 0.374. The van der Waals surface area contributed by atoms with Gasteiger partial charge in [-0.05, 0) is 25.2 Å². The maximum Gasteiger partial charge on any atom is 0.274 e. The quantitative estimate of drug-likeness (QED) is 0.840. The molecule has 3 rings (SSSR count). The molecule has 1 fully saturated rings. The van der Waals surface area contributed by atoms with Crippen LogP contribution in [0.2, 0.25) is 0 Å². The SMILES string of the molecule is CO[C@@H]1COC[C@@H](N(C)C(=O)c2n[nH]c3c2CC(C)CC3)[C@@H]1O. The number of nitrogens with zero attached hydrogens (tertiary/aromatic N) is 2. The molecular formula is C16H25N3O4. The fraction of sp³-hybridized carbons (Fsp3) is 0.750. The van der Waals surface area contributed by atoms with Crippen molar-refractivity contribution in [1.29, 1.82) is 0 Å². The second kappa shape index (κ2) is 6.59. The number of likely N-dealkylation sites (N-methyl/N-ethyl adjacent to an activating group) is 1. The number of hydrogen-bond acceptors (Lipinski definition) is 5. The van der Waals surface area contributed by atoms with Gasteiger partial charge in [0.25, 0.3) is 5.91 Å². The highest BCUT2D eigenvalue weighted by Crippen LogP contribution is 2.27. The minimum atomic E-state index is -0.767. The molecular weight excluding hydrogens is 298 g/mol. The summed E-state index contributed by atoms with van der Waals surface area (Å²) < 4.78 is 10.7. The van der Waals surface area contributed by atoms with E-state index in [9.17, 15) is 9.90 Å². The molecule has 23 heavy (non-hydrogen) atoms. The maximum absolute atomic E-state index is 12.9. The number of rotatable bonds is 3. The van der Waals surface area contributed by atoms with E-state index >= 15 is 0 Å². The van der Waals surface area contributed by atoms with E-state index < -0.39 is 18.2 Å². The Morgan fingerprint density at radius 1 is 1.48 bits per heavy atom. The van der Waals surface area contributed by atoms with E-state index in [0.29, 0.717) is 24.8 Å². The van der Waals surface area contributed by atoms with Crippen LogP contribution in [0, 0.1) is 5.92 Å². The number of aryl methyl sites for hydroxylation is 1. The van der Waals surface area contributed by atoms with Gasteiger partial charge >= 0.3 is 0 Å². The summed E-state index contributed by atoms with van der Waals surface area (Å²) >= 11 is 0. The molecule has 7 nitrogen and oxygen atoms in total. The number of aliphatic hydroxyl groups is 1. The average Bonchev–Trinajstić information content (AvgIpc) is 2.96. The monoisotopic (exact) mass is 323 g/mol. The van der Waals surface area contributed by atoms with Gasteiger partial charge in [0.15, 0.2) is 5.69 Å². The van der Waals surface area contributed by atoms with Crippen LogP contribution in [0.4, 0.5) is 0 Å². The number of carbonyl (C=O) groups is 1. The van der Waals surface area contributed by atoms with Gasteiger partial charge in [-0.25, -0.2) is 0 Å². The molecule has 1 unspecified atom stereocenters. The average molecular weight is 323 g/mol. The Morgan fingerprint density at radius 3 is 3.00 bits per heavy atom. The zero-order chi connectivity index (χ0) is 16.6. The van der Waals surface area contributed by atoms with Gasteiger partial charge in [-0.15, -0.1) is 0 Å². The Morgan fingerprint density at radius 2 is 2.26 bits per heavy atom. The standard InChI is InChI=1S/C16H25N3O4/c1-9-4-5-11-10(6-9)14(18-17-11)16(21)19(2)12-7-23-8-13(22-3)15(12)20/h9,12-13,15,20H,4-8H2,1-3H3,(H,17,18)/t9?,12-,13-,15+/m1/s1. The Balaban J connectivity index is 1.79. The van der Waals surface area contributed by atoms with Crippen molar-refractivity contribution in [2.24, 2.45) is 5.92 Å². The number of carbonyl (C=O) groups excluding carboxylic acids is 1. The maximum atomic E-state index is 12.9. The van der Waals surface area contributed by atoms with E-state index in [0.717, 1.165) is 30.5 Å². The number of aliphatic hydroxyl groups excluding tert-OH is 1. The van der Waals surface area contributed by atoms with Crippen LogP contribution in [0.15, 0.2) is 0 Å². The molecule has 0 radical (unpaired) electrons. The fourth-order valence-corrected chi connectivity index (χ4v) is 3.46. The number of fused-ring (bicyclic) bond motifs is 1. The number of ether oxygens (including phenoxy) is 2. The third kappa shape index (κ3) is 3.00. The van der Waals surface area contributed by atoms with Gasteiger partial charge in [0, 0.05) is 25.4 Å². The first-order valence-corrected chi connectivity index (χ1v) is 8.14. The van der Waals surface area contributed by atoms with Crippen LogP contribution in [0.1, 0.15) is 35.1 Å². The third-order valence-corrected chi connectivity index (χ3v) is 5.06. The van der Waals surface area contributed by atoms with Gasteiger partial charge in [-0.2, -0.15) is 5.10 Å². The first-order valence-electron chi connectivity index (χ1n) is 8.14. The fourth-order valence-electron chi connectivity index (χ4n) is 3.46. The molecule has 2 N–H and O–H groups in total. The highest BCUT2D eigenvalue weighted by molar-refractivity contribution is 5.94. The summed E-state index contributed by atoms with van der Waals surface area (Å²) in [4.78, 5) is 14.4. The lowest BCUT2D eigenvalue weighted by Gasteiger charge is -2.38. The van der Waals surface area contributed by atoms with Gasteiger partial charge < -0.3 is 19.5 Å². The van der Waals surface area contributed by atoms with Crippen molar-refractivity contribution in [3.8, 4) is 0 Å². The van der Waals surface area contributed by atoms with Crippen LogP contribution >= 0.6 is 0 Å². The first kappa shape index (κ1) is 16.4. The normalized spacial score (nSPS) is 30.8. The Kier molecular flexibility index (Phi) is 4.70. The number of H-pyrrole nitrogens is 1. The van der Waals surface area contributed by atoms with Crippen molar-refractivity contribution in [2.75, 3.05) is 27.4 Å². The van der Waals surface area contributed by atoms with Crippen molar-refractivity contribution in [2.45, 2.75) is 44.4 Å². The Hall–Kier alpha value is -1.44. The number of aromatic amines is 1. The molecule has 0 saturated carbocycles. The topological polar surface area (TPSA) is 87.7 Å². The van der Waals surface area contributed by atoms with Crippen molar-refractivity contribution < 1.29 is 19.4 Å². The van der Waals surface area contributed by atoms with E-state index in [1.165, 1.54) is 12.0 Å². The van der Waals surface area contributed by atoms with Gasteiger partial charge in [0.05, 0.1) is 19.3 Å². The molecule has 1 aliphatic carbocycles. The van der Waals surface area contributed by atoms with E-state index in [1.54, 1.807) is 7.05 Å². The largest absolute Gasteiger partial charge is 0.388 e. The molecule has 2 aliphatic rings. The van der Waals surface area contributed by atoms with E-state index in [2.05, 4.69) is 17.1 Å². The molecule has 7 heteroatoms. The predicted molar refractivity (Wildman–Crippen MR) is 83.3 cm³/mol. The van der Waals surface area contributed by atoms with Crippen LogP contribution in [-0.2, 0) is 22.3 Å².